The zero-order valence-electron chi connectivity index (χ0n) is 11.9. The molecule has 0 aliphatic heterocycles. The van der Waals surface area contributed by atoms with Gasteiger partial charge in [0.25, 0.3) is 0 Å². The van der Waals surface area contributed by atoms with Gasteiger partial charge in [-0.1, -0.05) is 19.8 Å². The fourth-order valence-electron chi connectivity index (χ4n) is 2.79. The van der Waals surface area contributed by atoms with Crippen LogP contribution in [-0.4, -0.2) is 17.6 Å². The molecule has 1 saturated carbocycles. The van der Waals surface area contributed by atoms with Gasteiger partial charge >= 0.3 is 5.97 Å². The van der Waals surface area contributed by atoms with Gasteiger partial charge < -0.3 is 10.4 Å². The summed E-state index contributed by atoms with van der Waals surface area (Å²) in [5.74, 6) is 0.125. The Morgan fingerprint density at radius 2 is 2.05 bits per heavy atom. The highest BCUT2D eigenvalue weighted by atomic mass is 19.1. The largest absolute Gasteiger partial charge is 0.478 e. The highest BCUT2D eigenvalue weighted by Crippen LogP contribution is 2.27. The van der Waals surface area contributed by atoms with Crippen molar-refractivity contribution in [3.05, 3.63) is 35.1 Å². The van der Waals surface area contributed by atoms with Gasteiger partial charge in [0.1, 0.15) is 5.82 Å². The maximum Gasteiger partial charge on any atom is 0.335 e. The minimum absolute atomic E-state index is 0.134. The van der Waals surface area contributed by atoms with Crippen LogP contribution in [0.5, 0.6) is 0 Å². The predicted molar refractivity (Wildman–Crippen MR) is 76.2 cm³/mol. The third-order valence-electron chi connectivity index (χ3n) is 4.18. The van der Waals surface area contributed by atoms with Crippen molar-refractivity contribution in [1.29, 1.82) is 0 Å². The van der Waals surface area contributed by atoms with Gasteiger partial charge in [0.15, 0.2) is 0 Å². The van der Waals surface area contributed by atoms with E-state index in [2.05, 4.69) is 12.2 Å². The van der Waals surface area contributed by atoms with Gasteiger partial charge in [0.05, 0.1) is 5.56 Å². The lowest BCUT2D eigenvalue weighted by Gasteiger charge is -2.26. The average Bonchev–Trinajstić information content (AvgIpc) is 2.43. The monoisotopic (exact) mass is 279 g/mol. The van der Waals surface area contributed by atoms with Crippen LogP contribution < -0.4 is 5.32 Å². The number of benzene rings is 1. The Kier molecular flexibility index (Phi) is 5.12. The maximum absolute atomic E-state index is 13.6. The molecule has 0 spiro atoms. The average molecular weight is 279 g/mol. The Hall–Kier alpha value is -1.42. The molecule has 1 aromatic rings. The van der Waals surface area contributed by atoms with Crippen molar-refractivity contribution < 1.29 is 14.3 Å². The zero-order chi connectivity index (χ0) is 14.5. The first-order valence-corrected chi connectivity index (χ1v) is 7.28. The van der Waals surface area contributed by atoms with Crippen LogP contribution in [0.3, 0.4) is 0 Å². The lowest BCUT2D eigenvalue weighted by molar-refractivity contribution is 0.0696. The standard InChI is InChI=1S/C16H22FNO2/c1-11-2-4-12(5-3-11)9-18-10-14-8-13(16(19)20)6-7-15(14)17/h6-8,11-12,18H,2-5,9-10H2,1H3,(H,19,20). The number of hydrogen-bond donors (Lipinski definition) is 2. The van der Waals surface area contributed by atoms with Crippen LogP contribution in [0, 0.1) is 17.7 Å². The molecule has 20 heavy (non-hydrogen) atoms. The summed E-state index contributed by atoms with van der Waals surface area (Å²) in [7, 11) is 0. The molecule has 0 amide bonds. The Morgan fingerprint density at radius 3 is 2.70 bits per heavy atom. The van der Waals surface area contributed by atoms with Crippen LogP contribution in [0.4, 0.5) is 4.39 Å². The topological polar surface area (TPSA) is 49.3 Å². The van der Waals surface area contributed by atoms with Crippen molar-refractivity contribution in [1.82, 2.24) is 5.32 Å². The van der Waals surface area contributed by atoms with Gasteiger partial charge in [-0.05, 0) is 49.4 Å². The van der Waals surface area contributed by atoms with E-state index in [4.69, 9.17) is 5.11 Å². The summed E-state index contributed by atoms with van der Waals surface area (Å²) in [5, 5.41) is 12.2. The van der Waals surface area contributed by atoms with Crippen LogP contribution in [0.25, 0.3) is 0 Å². The number of halogens is 1. The fourth-order valence-corrected chi connectivity index (χ4v) is 2.79. The Labute approximate surface area is 119 Å². The van der Waals surface area contributed by atoms with Crippen LogP contribution in [-0.2, 0) is 6.54 Å². The Bertz CT molecular complexity index is 468. The second kappa shape index (κ2) is 6.84. The molecule has 0 saturated heterocycles. The smallest absolute Gasteiger partial charge is 0.335 e. The van der Waals surface area contributed by atoms with E-state index in [1.165, 1.54) is 43.9 Å². The van der Waals surface area contributed by atoms with Crippen LogP contribution in [0.2, 0.25) is 0 Å². The summed E-state index contributed by atoms with van der Waals surface area (Å²) in [4.78, 5) is 10.9. The minimum atomic E-state index is -1.02. The van der Waals surface area contributed by atoms with E-state index in [1.807, 2.05) is 0 Å². The van der Waals surface area contributed by atoms with Gasteiger partial charge in [-0.2, -0.15) is 0 Å². The first-order valence-electron chi connectivity index (χ1n) is 7.28. The van der Waals surface area contributed by atoms with E-state index in [0.717, 1.165) is 12.5 Å². The van der Waals surface area contributed by atoms with E-state index in [0.29, 0.717) is 18.0 Å². The fraction of sp³-hybridized carbons (Fsp3) is 0.562. The molecule has 0 heterocycles. The molecule has 4 heteroatoms. The molecule has 0 radical (unpaired) electrons. The van der Waals surface area contributed by atoms with Crippen molar-refractivity contribution >= 4 is 5.97 Å². The van der Waals surface area contributed by atoms with Crippen molar-refractivity contribution in [2.45, 2.75) is 39.2 Å². The zero-order valence-corrected chi connectivity index (χ0v) is 11.9. The first kappa shape index (κ1) is 15.0. The summed E-state index contributed by atoms with van der Waals surface area (Å²) in [6.07, 6.45) is 5.00. The van der Waals surface area contributed by atoms with E-state index >= 15 is 0 Å². The van der Waals surface area contributed by atoms with Gasteiger partial charge in [0, 0.05) is 12.1 Å². The minimum Gasteiger partial charge on any atom is -0.478 e. The van der Waals surface area contributed by atoms with E-state index in [9.17, 15) is 9.18 Å². The molecule has 0 unspecified atom stereocenters. The van der Waals surface area contributed by atoms with Crippen LogP contribution >= 0.6 is 0 Å². The lowest BCUT2D eigenvalue weighted by atomic mass is 9.83. The maximum atomic E-state index is 13.6. The molecule has 1 aromatic carbocycles. The molecule has 1 aliphatic rings. The first-order chi connectivity index (χ1) is 9.56. The van der Waals surface area contributed by atoms with Gasteiger partial charge in [0.2, 0.25) is 0 Å². The van der Waals surface area contributed by atoms with Crippen molar-refractivity contribution in [2.24, 2.45) is 11.8 Å². The second-order valence-corrected chi connectivity index (χ2v) is 5.87. The molecule has 0 aromatic heterocycles. The Balaban J connectivity index is 1.84. The SMILES string of the molecule is CC1CCC(CNCc2cc(C(=O)O)ccc2F)CC1. The number of carboxylic acids is 1. The van der Waals surface area contributed by atoms with E-state index in [1.54, 1.807) is 0 Å². The van der Waals surface area contributed by atoms with Gasteiger partial charge in [-0.3, -0.25) is 0 Å². The molecule has 1 fully saturated rings. The molecule has 2 N–H and O–H groups in total. The third kappa shape index (κ3) is 4.04. The molecular formula is C16H22FNO2. The number of carbonyl (C=O) groups is 1. The second-order valence-electron chi connectivity index (χ2n) is 5.87. The number of hydrogen-bond acceptors (Lipinski definition) is 2. The highest BCUT2D eigenvalue weighted by Gasteiger charge is 2.17. The van der Waals surface area contributed by atoms with Gasteiger partial charge in [-0.25, -0.2) is 9.18 Å². The predicted octanol–water partition coefficient (Wildman–Crippen LogP) is 3.44. The van der Waals surface area contributed by atoms with Crippen LogP contribution in [0.1, 0.15) is 48.5 Å². The summed E-state index contributed by atoms with van der Waals surface area (Å²) in [5.41, 5.74) is 0.559. The molecule has 0 atom stereocenters. The molecule has 1 aliphatic carbocycles. The van der Waals surface area contributed by atoms with Crippen molar-refractivity contribution in [3.63, 3.8) is 0 Å². The van der Waals surface area contributed by atoms with Crippen molar-refractivity contribution in [3.8, 4) is 0 Å². The number of carboxylic acid groups (broad SMARTS) is 1. The quantitative estimate of drug-likeness (QED) is 0.868. The number of aromatic carboxylic acids is 1. The summed E-state index contributed by atoms with van der Waals surface area (Å²) >= 11 is 0. The molecule has 3 nitrogen and oxygen atoms in total. The summed E-state index contributed by atoms with van der Waals surface area (Å²) in [6, 6.07) is 3.93. The number of rotatable bonds is 5. The molecule has 0 bridgehead atoms. The van der Waals surface area contributed by atoms with E-state index < -0.39 is 5.97 Å². The molecule has 2 rings (SSSR count). The van der Waals surface area contributed by atoms with Crippen molar-refractivity contribution in [2.75, 3.05) is 6.54 Å². The summed E-state index contributed by atoms with van der Waals surface area (Å²) in [6.45, 7) is 3.55. The number of nitrogens with one attached hydrogen (secondary N) is 1. The summed E-state index contributed by atoms with van der Waals surface area (Å²) < 4.78 is 13.6. The Morgan fingerprint density at radius 1 is 1.35 bits per heavy atom. The third-order valence-corrected chi connectivity index (χ3v) is 4.18. The normalized spacial score (nSPS) is 22.7. The highest BCUT2D eigenvalue weighted by molar-refractivity contribution is 5.87. The van der Waals surface area contributed by atoms with Crippen LogP contribution in [0.15, 0.2) is 18.2 Å². The lowest BCUT2D eigenvalue weighted by Crippen LogP contribution is -2.26. The van der Waals surface area contributed by atoms with E-state index in [-0.39, 0.29) is 11.4 Å². The molecular weight excluding hydrogens is 257 g/mol. The molecule has 110 valence electrons. The van der Waals surface area contributed by atoms with Gasteiger partial charge in [-0.15, -0.1) is 0 Å².